The summed E-state index contributed by atoms with van der Waals surface area (Å²) in [6.07, 6.45) is 1.08. The molecular weight excluding hydrogens is 228 g/mol. The van der Waals surface area contributed by atoms with Crippen molar-refractivity contribution in [1.82, 2.24) is 14.5 Å². The Morgan fingerprint density at radius 1 is 1.44 bits per heavy atom. The molecule has 1 aromatic heterocycles. The first-order valence-corrected chi connectivity index (χ1v) is 6.33. The molecule has 0 radical (unpaired) electrons. The van der Waals surface area contributed by atoms with Gasteiger partial charge in [-0.05, 0) is 26.7 Å². The number of rotatable bonds is 2. The molecule has 1 amide bonds. The van der Waals surface area contributed by atoms with Gasteiger partial charge in [-0.15, -0.1) is 0 Å². The van der Waals surface area contributed by atoms with Crippen LogP contribution in [-0.2, 0) is 13.1 Å². The first kappa shape index (κ1) is 13.0. The van der Waals surface area contributed by atoms with E-state index in [1.54, 1.807) is 0 Å². The lowest BCUT2D eigenvalue weighted by Gasteiger charge is -2.12. The van der Waals surface area contributed by atoms with Crippen molar-refractivity contribution in [2.75, 3.05) is 13.6 Å². The van der Waals surface area contributed by atoms with Gasteiger partial charge in [-0.1, -0.05) is 13.8 Å². The number of carbonyl (C=O) groups is 1. The fourth-order valence-electron chi connectivity index (χ4n) is 2.44. The Bertz CT molecular complexity index is 476. The van der Waals surface area contributed by atoms with Crippen molar-refractivity contribution < 1.29 is 4.79 Å². The van der Waals surface area contributed by atoms with Gasteiger partial charge in [0.1, 0.15) is 5.82 Å². The predicted molar refractivity (Wildman–Crippen MR) is 71.1 cm³/mol. The number of aromatic nitrogens is 2. The van der Waals surface area contributed by atoms with Crippen LogP contribution in [0.1, 0.15) is 48.2 Å². The van der Waals surface area contributed by atoms with Crippen molar-refractivity contribution in [3.05, 3.63) is 17.2 Å². The van der Waals surface area contributed by atoms with E-state index >= 15 is 0 Å². The highest BCUT2D eigenvalue weighted by atomic mass is 16.1. The summed E-state index contributed by atoms with van der Waals surface area (Å²) in [7, 11) is 2.06. The van der Waals surface area contributed by atoms with E-state index in [1.807, 2.05) is 0 Å². The smallest absolute Gasteiger partial charge is 0.296 e. The van der Waals surface area contributed by atoms with Crippen LogP contribution >= 0.6 is 0 Å². The van der Waals surface area contributed by atoms with Gasteiger partial charge in [0.15, 0.2) is 5.69 Å². The van der Waals surface area contributed by atoms with E-state index in [-0.39, 0.29) is 5.91 Å². The summed E-state index contributed by atoms with van der Waals surface area (Å²) in [6.45, 7) is 10.2. The first-order chi connectivity index (χ1) is 8.54. The van der Waals surface area contributed by atoms with Gasteiger partial charge in [0.25, 0.3) is 5.91 Å². The van der Waals surface area contributed by atoms with Crippen LogP contribution < -0.4 is 0 Å². The summed E-state index contributed by atoms with van der Waals surface area (Å²) >= 11 is 0. The van der Waals surface area contributed by atoms with Gasteiger partial charge in [-0.3, -0.25) is 4.79 Å². The van der Waals surface area contributed by atoms with Crippen LogP contribution in [0.15, 0.2) is 4.99 Å². The lowest BCUT2D eigenvalue weighted by Crippen LogP contribution is -2.18. The van der Waals surface area contributed by atoms with Crippen molar-refractivity contribution in [2.45, 2.75) is 39.3 Å². The molecule has 2 heterocycles. The average Bonchev–Trinajstić information content (AvgIpc) is 2.57. The lowest BCUT2D eigenvalue weighted by molar-refractivity contribution is 0.0997. The molecule has 0 saturated carbocycles. The minimum atomic E-state index is -0.319. The second-order valence-electron chi connectivity index (χ2n) is 5.13. The van der Waals surface area contributed by atoms with Crippen LogP contribution in [0.2, 0.25) is 0 Å². The molecule has 0 atom stereocenters. The lowest BCUT2D eigenvalue weighted by atomic mass is 10.2. The number of hydrogen-bond donors (Lipinski definition) is 0. The van der Waals surface area contributed by atoms with Crippen molar-refractivity contribution in [3.63, 3.8) is 0 Å². The molecule has 2 rings (SSSR count). The Kier molecular flexibility index (Phi) is 3.61. The van der Waals surface area contributed by atoms with Crippen molar-refractivity contribution in [1.29, 1.82) is 0 Å². The maximum atomic E-state index is 11.8. The van der Waals surface area contributed by atoms with E-state index in [4.69, 9.17) is 0 Å². The second-order valence-corrected chi connectivity index (χ2v) is 5.13. The molecule has 1 aromatic rings. The molecule has 0 aliphatic carbocycles. The normalized spacial score (nSPS) is 16.4. The van der Waals surface area contributed by atoms with E-state index in [0.717, 1.165) is 37.6 Å². The summed E-state index contributed by atoms with van der Waals surface area (Å²) < 4.78 is 2.19. The SMILES string of the molecule is C=NC(=O)c1nc(C(C)C)n2c1CN(C)CCC2. The van der Waals surface area contributed by atoms with E-state index in [9.17, 15) is 4.79 Å². The molecule has 0 bridgehead atoms. The Labute approximate surface area is 108 Å². The fourth-order valence-corrected chi connectivity index (χ4v) is 2.44. The molecule has 0 aromatic carbocycles. The van der Waals surface area contributed by atoms with E-state index in [1.165, 1.54) is 0 Å². The number of amides is 1. The number of imidazole rings is 1. The van der Waals surface area contributed by atoms with E-state index in [0.29, 0.717) is 11.6 Å². The minimum Gasteiger partial charge on any atom is -0.330 e. The van der Waals surface area contributed by atoms with Crippen molar-refractivity contribution in [2.24, 2.45) is 4.99 Å². The third kappa shape index (κ3) is 2.22. The third-order valence-corrected chi connectivity index (χ3v) is 3.31. The molecule has 18 heavy (non-hydrogen) atoms. The molecule has 5 nitrogen and oxygen atoms in total. The van der Waals surface area contributed by atoms with Crippen molar-refractivity contribution >= 4 is 12.6 Å². The van der Waals surface area contributed by atoms with Gasteiger partial charge in [0.05, 0.1) is 5.69 Å². The molecular formula is C13H20N4O. The topological polar surface area (TPSA) is 50.5 Å². The monoisotopic (exact) mass is 248 g/mol. The van der Waals surface area contributed by atoms with Crippen molar-refractivity contribution in [3.8, 4) is 0 Å². The van der Waals surface area contributed by atoms with Gasteiger partial charge in [0.2, 0.25) is 0 Å². The highest BCUT2D eigenvalue weighted by Crippen LogP contribution is 2.23. The average molecular weight is 248 g/mol. The second kappa shape index (κ2) is 5.02. The van der Waals surface area contributed by atoms with E-state index in [2.05, 4.69) is 47.1 Å². The summed E-state index contributed by atoms with van der Waals surface area (Å²) in [6, 6.07) is 0. The molecule has 0 unspecified atom stereocenters. The van der Waals surface area contributed by atoms with Crippen LogP contribution in [0.4, 0.5) is 0 Å². The molecule has 0 saturated heterocycles. The van der Waals surface area contributed by atoms with Crippen LogP contribution in [0.3, 0.4) is 0 Å². The maximum Gasteiger partial charge on any atom is 0.296 e. The van der Waals surface area contributed by atoms with Crippen LogP contribution in [0, 0.1) is 0 Å². The molecule has 0 N–H and O–H groups in total. The highest BCUT2D eigenvalue weighted by Gasteiger charge is 2.25. The quantitative estimate of drug-likeness (QED) is 0.748. The predicted octanol–water partition coefficient (Wildman–Crippen LogP) is 1.68. The zero-order valence-electron chi connectivity index (χ0n) is 11.3. The highest BCUT2D eigenvalue weighted by molar-refractivity contribution is 5.96. The number of nitrogens with zero attached hydrogens (tertiary/aromatic N) is 4. The first-order valence-electron chi connectivity index (χ1n) is 6.33. The van der Waals surface area contributed by atoms with Crippen LogP contribution in [-0.4, -0.2) is 40.7 Å². The number of fused-ring (bicyclic) bond motifs is 1. The van der Waals surface area contributed by atoms with Gasteiger partial charge in [-0.25, -0.2) is 9.98 Å². The number of hydrogen-bond acceptors (Lipinski definition) is 3. The van der Waals surface area contributed by atoms with E-state index < -0.39 is 0 Å². The zero-order valence-corrected chi connectivity index (χ0v) is 11.3. The maximum absolute atomic E-state index is 11.8. The molecule has 1 aliphatic heterocycles. The molecule has 0 spiro atoms. The Balaban J connectivity index is 2.55. The van der Waals surface area contributed by atoms with Gasteiger partial charge in [0, 0.05) is 19.0 Å². The molecule has 98 valence electrons. The molecule has 0 fully saturated rings. The zero-order chi connectivity index (χ0) is 13.3. The third-order valence-electron chi connectivity index (χ3n) is 3.31. The van der Waals surface area contributed by atoms with Gasteiger partial charge < -0.3 is 9.47 Å². The summed E-state index contributed by atoms with van der Waals surface area (Å²) in [5.74, 6) is 0.965. The molecule has 5 heteroatoms. The summed E-state index contributed by atoms with van der Waals surface area (Å²) in [5.41, 5.74) is 1.46. The number of carbonyl (C=O) groups excluding carboxylic acids is 1. The Morgan fingerprint density at radius 2 is 2.17 bits per heavy atom. The Morgan fingerprint density at radius 3 is 2.78 bits per heavy atom. The summed E-state index contributed by atoms with van der Waals surface area (Å²) in [4.78, 5) is 22.0. The van der Waals surface area contributed by atoms with Crippen LogP contribution in [0.5, 0.6) is 0 Å². The number of aliphatic imine (C=N–C) groups is 1. The molecule has 1 aliphatic rings. The van der Waals surface area contributed by atoms with Gasteiger partial charge in [-0.2, -0.15) is 0 Å². The largest absolute Gasteiger partial charge is 0.330 e. The fraction of sp³-hybridized carbons (Fsp3) is 0.615. The standard InChI is InChI=1S/C13H20N4O/c1-9(2)12-15-11(13(18)14-3)10-8-16(4)6-5-7-17(10)12/h9H,3,5-8H2,1-2,4H3. The van der Waals surface area contributed by atoms with Gasteiger partial charge >= 0.3 is 0 Å². The van der Waals surface area contributed by atoms with Crippen LogP contribution in [0.25, 0.3) is 0 Å². The minimum absolute atomic E-state index is 0.304. The Hall–Kier alpha value is -1.49. The summed E-state index contributed by atoms with van der Waals surface area (Å²) in [5, 5.41) is 0.